The summed E-state index contributed by atoms with van der Waals surface area (Å²) in [6.07, 6.45) is 0.0753. The summed E-state index contributed by atoms with van der Waals surface area (Å²) in [6, 6.07) is -1.84. The maximum atomic E-state index is 12.4. The number of amidine groups is 1. The topological polar surface area (TPSA) is 138 Å². The van der Waals surface area contributed by atoms with Crippen molar-refractivity contribution < 1.29 is 36.4 Å². The maximum Gasteiger partial charge on any atom is 0.440 e. The summed E-state index contributed by atoms with van der Waals surface area (Å²) in [6.45, 7) is 1.89. The van der Waals surface area contributed by atoms with E-state index in [1.54, 1.807) is 6.92 Å². The minimum absolute atomic E-state index is 0.0820. The standard InChI is InChI=1S/C11H16N4O8S/c1-2-21-11(17)15-9(12-6-22-15)8-4-3-7-5-13(8)10(16)14(7)23-24(18,19)20/h7-8H,2-6H2,1H3,(H,18,19,20)/t7-,8?/m1/s1. The van der Waals surface area contributed by atoms with E-state index in [1.807, 2.05) is 0 Å². The highest BCUT2D eigenvalue weighted by Gasteiger charge is 2.50. The molecule has 134 valence electrons. The molecule has 0 aromatic heterocycles. The van der Waals surface area contributed by atoms with Crippen LogP contribution in [0.5, 0.6) is 0 Å². The molecule has 12 nitrogen and oxygen atoms in total. The second kappa shape index (κ2) is 6.16. The number of ether oxygens (including phenoxy) is 1. The Balaban J connectivity index is 1.78. The fourth-order valence-electron chi connectivity index (χ4n) is 2.95. The first-order valence-corrected chi connectivity index (χ1v) is 8.59. The number of rotatable bonds is 4. The van der Waals surface area contributed by atoms with E-state index in [2.05, 4.69) is 9.28 Å². The lowest BCUT2D eigenvalue weighted by molar-refractivity contribution is -0.0662. The van der Waals surface area contributed by atoms with Crippen LogP contribution < -0.4 is 0 Å². The van der Waals surface area contributed by atoms with Crippen molar-refractivity contribution in [1.82, 2.24) is 15.0 Å². The molecule has 2 fully saturated rings. The molecule has 0 saturated carbocycles. The van der Waals surface area contributed by atoms with Gasteiger partial charge in [-0.3, -0.25) is 4.55 Å². The van der Waals surface area contributed by atoms with Gasteiger partial charge in [-0.2, -0.15) is 13.5 Å². The Labute approximate surface area is 137 Å². The van der Waals surface area contributed by atoms with Crippen LogP contribution in [0.3, 0.4) is 0 Å². The minimum Gasteiger partial charge on any atom is -0.448 e. The van der Waals surface area contributed by atoms with Gasteiger partial charge in [-0.25, -0.2) is 19.4 Å². The summed E-state index contributed by atoms with van der Waals surface area (Å²) < 4.78 is 39.8. The lowest BCUT2D eigenvalue weighted by Gasteiger charge is -2.32. The number of aliphatic imine (C=N–C) groups is 1. The first-order chi connectivity index (χ1) is 11.3. The zero-order valence-corrected chi connectivity index (χ0v) is 13.5. The molecule has 13 heteroatoms. The molecule has 3 aliphatic heterocycles. The molecule has 0 radical (unpaired) electrons. The van der Waals surface area contributed by atoms with Crippen LogP contribution in [0.2, 0.25) is 0 Å². The average Bonchev–Trinajstić information content (AvgIpc) is 3.07. The normalized spacial score (nSPS) is 26.8. The molecule has 3 aliphatic rings. The van der Waals surface area contributed by atoms with Crippen LogP contribution in [0.15, 0.2) is 4.99 Å². The molecule has 2 bridgehead atoms. The SMILES string of the molecule is CCOC(=O)N1OCN=C1C1CC[C@@H]2CN1C(=O)N2OS(=O)(=O)O. The second-order valence-corrected chi connectivity index (χ2v) is 6.28. The number of carbonyl (C=O) groups excluding carboxylic acids is 2. The van der Waals surface area contributed by atoms with Gasteiger partial charge in [0.15, 0.2) is 12.6 Å². The van der Waals surface area contributed by atoms with Crippen molar-refractivity contribution in [3.05, 3.63) is 0 Å². The molecular weight excluding hydrogens is 348 g/mol. The van der Waals surface area contributed by atoms with Crippen molar-refractivity contribution in [2.75, 3.05) is 19.9 Å². The highest BCUT2D eigenvalue weighted by atomic mass is 32.3. The lowest BCUT2D eigenvalue weighted by Crippen LogP contribution is -2.51. The van der Waals surface area contributed by atoms with Crippen LogP contribution in [-0.2, 0) is 24.3 Å². The molecule has 24 heavy (non-hydrogen) atoms. The van der Waals surface area contributed by atoms with Crippen molar-refractivity contribution in [3.63, 3.8) is 0 Å². The Kier molecular flexibility index (Phi) is 4.33. The van der Waals surface area contributed by atoms with Crippen molar-refractivity contribution in [1.29, 1.82) is 0 Å². The summed E-state index contributed by atoms with van der Waals surface area (Å²) in [4.78, 5) is 34.8. The Morgan fingerprint density at radius 1 is 1.46 bits per heavy atom. The lowest BCUT2D eigenvalue weighted by atomic mass is 10.00. The fraction of sp³-hybridized carbons (Fsp3) is 0.727. The first-order valence-electron chi connectivity index (χ1n) is 7.22. The first kappa shape index (κ1) is 16.9. The largest absolute Gasteiger partial charge is 0.448 e. The zero-order chi connectivity index (χ0) is 17.5. The number of hydroxylamine groups is 4. The predicted molar refractivity (Wildman–Crippen MR) is 75.6 cm³/mol. The van der Waals surface area contributed by atoms with E-state index in [-0.39, 0.29) is 25.7 Å². The third kappa shape index (κ3) is 3.02. The highest BCUT2D eigenvalue weighted by Crippen LogP contribution is 2.32. The van der Waals surface area contributed by atoms with Gasteiger partial charge in [0, 0.05) is 6.54 Å². The number of amides is 3. The highest BCUT2D eigenvalue weighted by molar-refractivity contribution is 7.80. The Bertz CT molecular complexity index is 680. The summed E-state index contributed by atoms with van der Waals surface area (Å²) in [5, 5.41) is 1.52. The molecule has 1 N–H and O–H groups in total. The smallest absolute Gasteiger partial charge is 0.440 e. The van der Waals surface area contributed by atoms with Crippen LogP contribution in [0.1, 0.15) is 19.8 Å². The van der Waals surface area contributed by atoms with Crippen molar-refractivity contribution >= 4 is 28.4 Å². The second-order valence-electron chi connectivity index (χ2n) is 5.28. The molecule has 0 aliphatic carbocycles. The molecule has 3 heterocycles. The third-order valence-electron chi connectivity index (χ3n) is 3.85. The number of hydrogen-bond donors (Lipinski definition) is 1. The Morgan fingerprint density at radius 2 is 2.21 bits per heavy atom. The zero-order valence-electron chi connectivity index (χ0n) is 12.7. The van der Waals surface area contributed by atoms with E-state index in [0.29, 0.717) is 17.9 Å². The predicted octanol–water partition coefficient (Wildman–Crippen LogP) is -0.251. The van der Waals surface area contributed by atoms with E-state index < -0.39 is 34.6 Å². The van der Waals surface area contributed by atoms with Crippen LogP contribution in [0.4, 0.5) is 9.59 Å². The van der Waals surface area contributed by atoms with Gasteiger partial charge in [0.2, 0.25) is 0 Å². The van der Waals surface area contributed by atoms with Gasteiger partial charge < -0.3 is 9.64 Å². The maximum absolute atomic E-state index is 12.4. The van der Waals surface area contributed by atoms with Crippen LogP contribution in [0.25, 0.3) is 0 Å². The van der Waals surface area contributed by atoms with Gasteiger partial charge >= 0.3 is 22.5 Å². The van der Waals surface area contributed by atoms with E-state index in [9.17, 15) is 18.0 Å². The summed E-state index contributed by atoms with van der Waals surface area (Å²) >= 11 is 0. The van der Waals surface area contributed by atoms with E-state index in [4.69, 9.17) is 14.1 Å². The molecule has 2 saturated heterocycles. The number of nitrogens with zero attached hydrogens (tertiary/aromatic N) is 4. The number of hydrogen-bond acceptors (Lipinski definition) is 8. The number of piperidine rings is 1. The summed E-state index contributed by atoms with van der Waals surface area (Å²) in [5.41, 5.74) is 0. The molecule has 2 atom stereocenters. The number of carbonyl (C=O) groups is 2. The van der Waals surface area contributed by atoms with Crippen LogP contribution >= 0.6 is 0 Å². The molecule has 0 aromatic carbocycles. The van der Waals surface area contributed by atoms with E-state index >= 15 is 0 Å². The van der Waals surface area contributed by atoms with Crippen LogP contribution in [0, 0.1) is 0 Å². The molecular formula is C11H16N4O8S. The monoisotopic (exact) mass is 364 g/mol. The van der Waals surface area contributed by atoms with E-state index in [1.165, 1.54) is 4.90 Å². The number of urea groups is 1. The molecule has 3 rings (SSSR count). The third-order valence-corrected chi connectivity index (χ3v) is 4.20. The van der Waals surface area contributed by atoms with Gasteiger partial charge in [-0.1, -0.05) is 0 Å². The number of fused-ring (bicyclic) bond motifs is 2. The van der Waals surface area contributed by atoms with Crippen molar-refractivity contribution in [2.24, 2.45) is 4.99 Å². The summed E-state index contributed by atoms with van der Waals surface area (Å²) in [7, 11) is -4.81. The van der Waals surface area contributed by atoms with Gasteiger partial charge in [0.1, 0.15) is 0 Å². The fourth-order valence-corrected chi connectivity index (χ4v) is 3.34. The van der Waals surface area contributed by atoms with Crippen molar-refractivity contribution in [3.8, 4) is 0 Å². The molecule has 0 spiro atoms. The molecule has 0 aromatic rings. The van der Waals surface area contributed by atoms with Gasteiger partial charge in [-0.05, 0) is 19.8 Å². The summed E-state index contributed by atoms with van der Waals surface area (Å²) in [5.74, 6) is 0.217. The quantitative estimate of drug-likeness (QED) is 0.674. The van der Waals surface area contributed by atoms with Crippen LogP contribution in [-0.4, -0.2) is 77.9 Å². The van der Waals surface area contributed by atoms with Crippen molar-refractivity contribution in [2.45, 2.75) is 31.8 Å². The Morgan fingerprint density at radius 3 is 2.88 bits per heavy atom. The Hall–Kier alpha value is -1.96. The van der Waals surface area contributed by atoms with Gasteiger partial charge in [-0.15, -0.1) is 9.35 Å². The average molecular weight is 364 g/mol. The van der Waals surface area contributed by atoms with Gasteiger partial charge in [0.05, 0.1) is 18.7 Å². The molecule has 1 unspecified atom stereocenters. The van der Waals surface area contributed by atoms with E-state index in [0.717, 1.165) is 5.06 Å². The minimum atomic E-state index is -4.81. The molecule has 3 amide bonds. The van der Waals surface area contributed by atoms with Gasteiger partial charge in [0.25, 0.3) is 0 Å².